The van der Waals surface area contributed by atoms with Crippen molar-refractivity contribution < 1.29 is 10.1 Å². The van der Waals surface area contributed by atoms with Gasteiger partial charge in [0, 0.05) is 11.3 Å². The number of benzene rings is 3. The molecule has 3 nitrogen and oxygen atoms in total. The van der Waals surface area contributed by atoms with Crippen molar-refractivity contribution in [3.05, 3.63) is 78.4 Å². The lowest BCUT2D eigenvalue weighted by Gasteiger charge is -2.17. The molecule has 0 aliphatic rings. The molecule has 0 saturated heterocycles. The minimum absolute atomic E-state index is 0.0214. The van der Waals surface area contributed by atoms with E-state index < -0.39 is 0 Å². The van der Waals surface area contributed by atoms with Crippen LogP contribution in [0.1, 0.15) is 25.5 Å². The Kier molecular flexibility index (Phi) is 4.92. The van der Waals surface area contributed by atoms with Crippen molar-refractivity contribution in [1.82, 2.24) is 0 Å². The lowest BCUT2D eigenvalue weighted by atomic mass is 10.1. The Morgan fingerprint density at radius 3 is 2.29 bits per heavy atom. The molecule has 0 fully saturated rings. The lowest BCUT2D eigenvalue weighted by Crippen LogP contribution is -2.91. The largest absolute Gasteiger partial charge is 0.330 e. The maximum atomic E-state index is 12.5. The van der Waals surface area contributed by atoms with Crippen molar-refractivity contribution in [3.63, 3.8) is 0 Å². The van der Waals surface area contributed by atoms with E-state index in [4.69, 9.17) is 0 Å². The third-order valence-corrected chi connectivity index (χ3v) is 4.33. The van der Waals surface area contributed by atoms with Gasteiger partial charge in [0.25, 0.3) is 5.91 Å². The van der Waals surface area contributed by atoms with Crippen LogP contribution in [0.5, 0.6) is 0 Å². The maximum absolute atomic E-state index is 12.5. The third kappa shape index (κ3) is 3.81. The topological polar surface area (TPSA) is 45.7 Å². The highest BCUT2D eigenvalue weighted by Crippen LogP contribution is 2.18. The molecule has 0 heterocycles. The molecule has 3 heteroatoms. The number of quaternary nitrogens is 1. The highest BCUT2D eigenvalue weighted by Gasteiger charge is 2.20. The van der Waals surface area contributed by atoms with Crippen LogP contribution in [-0.4, -0.2) is 11.9 Å². The molecule has 0 aliphatic heterocycles. The van der Waals surface area contributed by atoms with E-state index in [0.717, 1.165) is 11.1 Å². The van der Waals surface area contributed by atoms with Gasteiger partial charge in [-0.05, 0) is 36.8 Å². The summed E-state index contributed by atoms with van der Waals surface area (Å²) in [4.78, 5) is 12.5. The SMILES string of the molecule is C[C@H]([NH2+][C@H](C)c1ccccc1)C(=O)Nc1ccc2ccccc2c1. The zero-order valence-electron chi connectivity index (χ0n) is 14.1. The van der Waals surface area contributed by atoms with Gasteiger partial charge in [-0.15, -0.1) is 0 Å². The number of amides is 1. The summed E-state index contributed by atoms with van der Waals surface area (Å²) in [6.45, 7) is 4.06. The molecule has 0 spiro atoms. The highest BCUT2D eigenvalue weighted by atomic mass is 16.2. The number of nitrogens with two attached hydrogens (primary N) is 1. The first kappa shape index (κ1) is 16.2. The van der Waals surface area contributed by atoms with Crippen LogP contribution in [0.4, 0.5) is 5.69 Å². The molecule has 1 amide bonds. The van der Waals surface area contributed by atoms with Gasteiger partial charge in [0.15, 0.2) is 6.04 Å². The summed E-state index contributed by atoms with van der Waals surface area (Å²) < 4.78 is 0. The monoisotopic (exact) mass is 319 g/mol. The number of rotatable bonds is 5. The zero-order chi connectivity index (χ0) is 16.9. The van der Waals surface area contributed by atoms with Crippen LogP contribution >= 0.6 is 0 Å². The molecule has 0 unspecified atom stereocenters. The second-order valence-corrected chi connectivity index (χ2v) is 6.23. The van der Waals surface area contributed by atoms with E-state index in [1.54, 1.807) is 0 Å². The average molecular weight is 319 g/mol. The second-order valence-electron chi connectivity index (χ2n) is 6.23. The number of carbonyl (C=O) groups is 1. The van der Waals surface area contributed by atoms with Gasteiger partial charge >= 0.3 is 0 Å². The van der Waals surface area contributed by atoms with Gasteiger partial charge in [-0.3, -0.25) is 4.79 Å². The van der Waals surface area contributed by atoms with Gasteiger partial charge in [0.2, 0.25) is 0 Å². The first-order valence-electron chi connectivity index (χ1n) is 8.33. The molecule has 0 radical (unpaired) electrons. The Hall–Kier alpha value is -2.65. The lowest BCUT2D eigenvalue weighted by molar-refractivity contribution is -0.709. The summed E-state index contributed by atoms with van der Waals surface area (Å²) in [7, 11) is 0. The van der Waals surface area contributed by atoms with E-state index in [2.05, 4.69) is 41.8 Å². The average Bonchev–Trinajstić information content (AvgIpc) is 2.62. The first-order valence-corrected chi connectivity index (χ1v) is 8.33. The minimum atomic E-state index is -0.160. The predicted molar refractivity (Wildman–Crippen MR) is 98.8 cm³/mol. The zero-order valence-corrected chi connectivity index (χ0v) is 14.1. The molecule has 3 aromatic carbocycles. The third-order valence-electron chi connectivity index (χ3n) is 4.33. The van der Waals surface area contributed by atoms with Crippen molar-refractivity contribution in [2.45, 2.75) is 25.9 Å². The first-order chi connectivity index (χ1) is 11.6. The van der Waals surface area contributed by atoms with E-state index in [9.17, 15) is 4.79 Å². The van der Waals surface area contributed by atoms with Crippen LogP contribution in [0.3, 0.4) is 0 Å². The molecule has 0 bridgehead atoms. The molecule has 0 saturated carbocycles. The quantitative estimate of drug-likeness (QED) is 0.743. The minimum Gasteiger partial charge on any atom is -0.330 e. The van der Waals surface area contributed by atoms with Crippen LogP contribution in [-0.2, 0) is 4.79 Å². The summed E-state index contributed by atoms with van der Waals surface area (Å²) in [5.41, 5.74) is 2.06. The molecule has 3 N–H and O–H groups in total. The van der Waals surface area contributed by atoms with Crippen molar-refractivity contribution >= 4 is 22.4 Å². The van der Waals surface area contributed by atoms with Crippen LogP contribution in [0.2, 0.25) is 0 Å². The summed E-state index contributed by atoms with van der Waals surface area (Å²) >= 11 is 0. The number of nitrogens with one attached hydrogen (secondary N) is 1. The molecular formula is C21H23N2O+. The van der Waals surface area contributed by atoms with Crippen molar-refractivity contribution in [3.8, 4) is 0 Å². The predicted octanol–water partition coefficient (Wildman–Crippen LogP) is 3.49. The highest BCUT2D eigenvalue weighted by molar-refractivity contribution is 5.96. The summed E-state index contributed by atoms with van der Waals surface area (Å²) in [5, 5.41) is 7.41. The number of fused-ring (bicyclic) bond motifs is 1. The summed E-state index contributed by atoms with van der Waals surface area (Å²) in [5.74, 6) is 0.0214. The smallest absolute Gasteiger partial charge is 0.282 e. The van der Waals surface area contributed by atoms with Gasteiger partial charge in [-0.25, -0.2) is 0 Å². The number of anilines is 1. The normalized spacial score (nSPS) is 13.4. The molecule has 0 aromatic heterocycles. The standard InChI is InChI=1S/C21H22N2O/c1-15(17-8-4-3-5-9-17)22-16(2)21(24)23-20-13-12-18-10-6-7-11-19(18)14-20/h3-16,22H,1-2H3,(H,23,24)/p+1/t15-,16+/m1/s1. The fourth-order valence-electron chi connectivity index (χ4n) is 2.91. The number of hydrogen-bond acceptors (Lipinski definition) is 1. The Morgan fingerprint density at radius 2 is 1.54 bits per heavy atom. The van der Waals surface area contributed by atoms with Crippen LogP contribution in [0.15, 0.2) is 72.8 Å². The van der Waals surface area contributed by atoms with Crippen molar-refractivity contribution in [2.24, 2.45) is 0 Å². The molecule has 3 rings (SSSR count). The molecule has 24 heavy (non-hydrogen) atoms. The van der Waals surface area contributed by atoms with Gasteiger partial charge in [0.05, 0.1) is 0 Å². The Balaban J connectivity index is 1.64. The maximum Gasteiger partial charge on any atom is 0.282 e. The van der Waals surface area contributed by atoms with E-state index in [1.165, 1.54) is 10.9 Å². The van der Waals surface area contributed by atoms with E-state index in [1.807, 2.05) is 55.5 Å². The van der Waals surface area contributed by atoms with Crippen molar-refractivity contribution in [2.75, 3.05) is 5.32 Å². The van der Waals surface area contributed by atoms with E-state index in [0.29, 0.717) is 0 Å². The van der Waals surface area contributed by atoms with Crippen molar-refractivity contribution in [1.29, 1.82) is 0 Å². The van der Waals surface area contributed by atoms with Gasteiger partial charge in [-0.1, -0.05) is 60.7 Å². The Bertz CT molecular complexity index is 829. The number of hydrogen-bond donors (Lipinski definition) is 2. The Morgan fingerprint density at radius 1 is 0.875 bits per heavy atom. The van der Waals surface area contributed by atoms with Crippen LogP contribution < -0.4 is 10.6 Å². The number of carbonyl (C=O) groups excluding carboxylic acids is 1. The molecule has 3 aromatic rings. The molecule has 122 valence electrons. The summed E-state index contributed by atoms with van der Waals surface area (Å²) in [6, 6.07) is 24.5. The van der Waals surface area contributed by atoms with Gasteiger partial charge < -0.3 is 10.6 Å². The second kappa shape index (κ2) is 7.28. The van der Waals surface area contributed by atoms with E-state index in [-0.39, 0.29) is 18.0 Å². The van der Waals surface area contributed by atoms with Gasteiger partial charge in [0.1, 0.15) is 6.04 Å². The molecule has 2 atom stereocenters. The summed E-state index contributed by atoms with van der Waals surface area (Å²) in [6.07, 6.45) is 0. The molecular weight excluding hydrogens is 296 g/mol. The van der Waals surface area contributed by atoms with E-state index >= 15 is 0 Å². The molecule has 0 aliphatic carbocycles. The Labute approximate surface area is 142 Å². The van der Waals surface area contributed by atoms with Crippen LogP contribution in [0.25, 0.3) is 10.8 Å². The fraction of sp³-hybridized carbons (Fsp3) is 0.190. The van der Waals surface area contributed by atoms with Crippen LogP contribution in [0, 0.1) is 0 Å². The fourth-order valence-corrected chi connectivity index (χ4v) is 2.91. The van der Waals surface area contributed by atoms with Gasteiger partial charge in [-0.2, -0.15) is 0 Å².